The third-order valence-electron chi connectivity index (χ3n) is 2.62. The fourth-order valence-electron chi connectivity index (χ4n) is 1.91. The van der Waals surface area contributed by atoms with Gasteiger partial charge in [0.05, 0.1) is 0 Å². The van der Waals surface area contributed by atoms with Crippen molar-refractivity contribution >= 4 is 42.0 Å². The topological polar surface area (TPSA) is 173 Å². The lowest BCUT2D eigenvalue weighted by Crippen LogP contribution is -2.61. The Morgan fingerprint density at radius 1 is 0.382 bits per heavy atom. The Balaban J connectivity index is 7.57. The average molecular weight is 622 g/mol. The first-order valence-corrected chi connectivity index (χ1v) is 11.7. The van der Waals surface area contributed by atoms with Crippen molar-refractivity contribution in [3.05, 3.63) is 0 Å². The molecule has 0 aliphatic carbocycles. The van der Waals surface area contributed by atoms with Gasteiger partial charge in [0.1, 0.15) is 0 Å². The molecule has 206 valence electrons. The first kappa shape index (κ1) is 32.8. The van der Waals surface area contributed by atoms with Gasteiger partial charge in [-0.2, -0.15) is 85.5 Å². The second-order valence-corrected chi connectivity index (χ2v) is 8.92. The van der Waals surface area contributed by atoms with Crippen molar-refractivity contribution in [2.45, 2.75) is 24.4 Å². The molecule has 0 aliphatic rings. The minimum atomic E-state index is -7.46. The molecule has 0 aromatic carbocycles. The van der Waals surface area contributed by atoms with Crippen LogP contribution in [0.5, 0.6) is 0 Å². The van der Waals surface area contributed by atoms with E-state index in [1.54, 1.807) is 0 Å². The number of alkyl halides is 8. The summed E-state index contributed by atoms with van der Waals surface area (Å²) in [5, 5.41) is 0. The van der Waals surface area contributed by atoms with Gasteiger partial charge in [-0.25, -0.2) is 0 Å². The van der Waals surface area contributed by atoms with Crippen LogP contribution in [0.1, 0.15) is 0 Å². The average Bonchev–Trinajstić information content (AvgIpc) is 2.31. The maximum absolute atomic E-state index is 13.8. The summed E-state index contributed by atoms with van der Waals surface area (Å²) in [7, 11) is -29.9. The van der Waals surface area contributed by atoms with Gasteiger partial charge in [0.25, 0.3) is 0 Å². The molecule has 0 bridgehead atoms. The van der Waals surface area contributed by atoms with Crippen LogP contribution in [-0.4, -0.2) is 58.1 Å². The van der Waals surface area contributed by atoms with E-state index < -0.39 is 78.3 Å². The largest absolute Gasteiger partial charge is 0.442 e. The smallest absolute Gasteiger partial charge is 0.174 e. The van der Waals surface area contributed by atoms with Gasteiger partial charge in [0.15, 0.2) is 11.8 Å². The molecule has 0 saturated heterocycles. The second kappa shape index (κ2) is 9.35. The molecular formula is C6H2F12O12S4. The van der Waals surface area contributed by atoms with Crippen LogP contribution in [0.4, 0.5) is 50.7 Å². The van der Waals surface area contributed by atoms with E-state index in [0.29, 0.717) is 0 Å². The molecule has 0 aromatic heterocycles. The highest BCUT2D eigenvalue weighted by Crippen LogP contribution is 2.55. The summed E-state index contributed by atoms with van der Waals surface area (Å²) in [5.41, 5.74) is 0. The Labute approximate surface area is 180 Å². The zero-order valence-corrected chi connectivity index (χ0v) is 17.5. The summed E-state index contributed by atoms with van der Waals surface area (Å²) in [6.07, 6.45) is -29.1. The molecule has 0 atom stereocenters. The molecule has 0 aliphatic heterocycles. The predicted molar refractivity (Wildman–Crippen MR) is 71.2 cm³/mol. The van der Waals surface area contributed by atoms with Gasteiger partial charge >= 0.3 is 66.5 Å². The first-order valence-electron chi connectivity index (χ1n) is 6.43. The van der Waals surface area contributed by atoms with Crippen LogP contribution in [0.15, 0.2) is 0 Å². The molecule has 0 amide bonds. The van der Waals surface area contributed by atoms with Crippen molar-refractivity contribution in [2.75, 3.05) is 0 Å². The minimum Gasteiger partial charge on any atom is -0.174 e. The quantitative estimate of drug-likeness (QED) is 0.214. The molecule has 0 saturated carbocycles. The molecule has 12 nitrogen and oxygen atoms in total. The molecule has 0 aromatic rings. The van der Waals surface area contributed by atoms with Crippen LogP contribution in [0, 0.1) is 11.8 Å². The summed E-state index contributed by atoms with van der Waals surface area (Å²) in [6.45, 7) is 0. The van der Waals surface area contributed by atoms with Crippen LogP contribution in [0.25, 0.3) is 0 Å². The fourth-order valence-corrected chi connectivity index (χ4v) is 3.38. The highest BCUT2D eigenvalue weighted by Gasteiger charge is 2.77. The maximum Gasteiger partial charge on any atom is 0.442 e. The Morgan fingerprint density at radius 3 is 0.588 bits per heavy atom. The predicted octanol–water partition coefficient (Wildman–Crippen LogP) is 1.51. The summed E-state index contributed by atoms with van der Waals surface area (Å²) in [6, 6.07) is 0. The molecule has 0 spiro atoms. The number of hydrogen-bond acceptors (Lipinski definition) is 12. The first-order chi connectivity index (χ1) is 14.3. The van der Waals surface area contributed by atoms with Crippen LogP contribution in [0.2, 0.25) is 0 Å². The fraction of sp³-hybridized carbons (Fsp3) is 1.00. The standard InChI is InChI=1S/C6H2F12O12S4/c7-3(8,27-31(15,19)20)1(4(9,10)28-32(16,21)22)2(5(11,12)29-33(17,23)24)6(13,14)30-34(18,25)26/h1-2H. The van der Waals surface area contributed by atoms with E-state index in [0.717, 1.165) is 0 Å². The van der Waals surface area contributed by atoms with Crippen LogP contribution < -0.4 is 0 Å². The zero-order valence-electron chi connectivity index (χ0n) is 14.2. The molecule has 34 heavy (non-hydrogen) atoms. The summed E-state index contributed by atoms with van der Waals surface area (Å²) < 4.78 is 249. The third-order valence-corrected chi connectivity index (χ3v) is 4.31. The van der Waals surface area contributed by atoms with Crippen molar-refractivity contribution in [3.8, 4) is 0 Å². The summed E-state index contributed by atoms with van der Waals surface area (Å²) in [4.78, 5) is 0. The lowest BCUT2D eigenvalue weighted by molar-refractivity contribution is -0.412. The summed E-state index contributed by atoms with van der Waals surface area (Å²) in [5.74, 6) is -12.7. The SMILES string of the molecule is O=S(=O)(F)OC(F)(F)C(C(C(F)(F)OS(=O)(=O)F)C(F)(F)OS(=O)(=O)F)C(F)(F)OS(=O)(=O)F. The van der Waals surface area contributed by atoms with E-state index in [-0.39, 0.29) is 0 Å². The number of rotatable bonds is 13. The Kier molecular flexibility index (Phi) is 9.02. The van der Waals surface area contributed by atoms with Crippen LogP contribution in [0.3, 0.4) is 0 Å². The van der Waals surface area contributed by atoms with E-state index in [4.69, 9.17) is 0 Å². The highest BCUT2D eigenvalue weighted by molar-refractivity contribution is 7.82. The lowest BCUT2D eigenvalue weighted by Gasteiger charge is -2.39. The third kappa shape index (κ3) is 10.6. The molecule has 0 heterocycles. The highest BCUT2D eigenvalue weighted by atomic mass is 32.3. The van der Waals surface area contributed by atoms with Gasteiger partial charge < -0.3 is 0 Å². The van der Waals surface area contributed by atoms with Crippen molar-refractivity contribution in [3.63, 3.8) is 0 Å². The number of hydrogen-bond donors (Lipinski definition) is 0. The van der Waals surface area contributed by atoms with Crippen molar-refractivity contribution < 1.29 is 101 Å². The van der Waals surface area contributed by atoms with E-state index in [1.807, 2.05) is 16.7 Å². The molecule has 0 N–H and O–H groups in total. The monoisotopic (exact) mass is 622 g/mol. The Morgan fingerprint density at radius 2 is 0.500 bits per heavy atom. The Bertz CT molecular complexity index is 990. The van der Waals surface area contributed by atoms with Gasteiger partial charge in [0.2, 0.25) is 0 Å². The van der Waals surface area contributed by atoms with E-state index in [9.17, 15) is 84.3 Å². The van der Waals surface area contributed by atoms with Crippen LogP contribution in [-0.2, 0) is 58.7 Å². The van der Waals surface area contributed by atoms with E-state index >= 15 is 0 Å². The van der Waals surface area contributed by atoms with Gasteiger partial charge in [-0.05, 0) is 0 Å². The van der Waals surface area contributed by atoms with E-state index in [1.165, 1.54) is 0 Å². The van der Waals surface area contributed by atoms with E-state index in [2.05, 4.69) is 0 Å². The molecular weight excluding hydrogens is 620 g/mol. The normalized spacial score (nSPS) is 15.8. The maximum atomic E-state index is 13.8. The number of halogens is 12. The van der Waals surface area contributed by atoms with Gasteiger partial charge in [0, 0.05) is 0 Å². The van der Waals surface area contributed by atoms with Crippen LogP contribution >= 0.6 is 0 Å². The van der Waals surface area contributed by atoms with Gasteiger partial charge in [-0.3, -0.25) is 0 Å². The molecule has 28 heteroatoms. The minimum absolute atomic E-state index is 1.85. The zero-order chi connectivity index (χ0) is 28.0. The summed E-state index contributed by atoms with van der Waals surface area (Å²) >= 11 is 0. The van der Waals surface area contributed by atoms with Crippen molar-refractivity contribution in [2.24, 2.45) is 11.8 Å². The van der Waals surface area contributed by atoms with Gasteiger partial charge in [-0.1, -0.05) is 15.5 Å². The van der Waals surface area contributed by atoms with Crippen molar-refractivity contribution in [1.82, 2.24) is 0 Å². The lowest BCUT2D eigenvalue weighted by atomic mass is 9.87. The molecule has 0 rings (SSSR count). The molecule has 0 fully saturated rings. The van der Waals surface area contributed by atoms with Crippen molar-refractivity contribution in [1.29, 1.82) is 0 Å². The molecule has 0 radical (unpaired) electrons. The second-order valence-electron chi connectivity index (χ2n) is 5.11. The molecule has 0 unspecified atom stereocenters. The Hall–Kier alpha value is -1.20. The van der Waals surface area contributed by atoms with Gasteiger partial charge in [-0.15, -0.1) is 0 Å².